The van der Waals surface area contributed by atoms with Gasteiger partial charge in [-0.25, -0.2) is 0 Å². The van der Waals surface area contributed by atoms with Gasteiger partial charge in [-0.3, -0.25) is 4.68 Å². The zero-order valence-electron chi connectivity index (χ0n) is 10.5. The lowest BCUT2D eigenvalue weighted by Crippen LogP contribution is -2.31. The normalized spacial score (nSPS) is 33.2. The molecule has 1 aliphatic carbocycles. The molecule has 1 aromatic heterocycles. The van der Waals surface area contributed by atoms with Gasteiger partial charge in [0, 0.05) is 38.9 Å². The minimum absolute atomic E-state index is 0.461. The number of nitrogens with zero attached hydrogens (tertiary/aromatic N) is 3. The van der Waals surface area contributed by atoms with Crippen LogP contribution in [0.5, 0.6) is 0 Å². The van der Waals surface area contributed by atoms with Gasteiger partial charge in [0.05, 0.1) is 6.20 Å². The summed E-state index contributed by atoms with van der Waals surface area (Å²) in [6.45, 7) is 3.64. The fraction of sp³-hybridized carbons (Fsp3) is 0.769. The predicted octanol–water partition coefficient (Wildman–Crippen LogP) is 0.632. The highest BCUT2D eigenvalue weighted by atomic mass is 15.2. The van der Waals surface area contributed by atoms with Crippen molar-refractivity contribution in [3.8, 4) is 0 Å². The van der Waals surface area contributed by atoms with Crippen molar-refractivity contribution in [2.24, 2.45) is 24.6 Å². The standard InChI is InChI=1S/C13H22N4/c1-16-7-10(6-15-16)4-5-17-8-11-2-3-13(14)12(11)9-17/h6-7,11-13H,2-5,8-9,14H2,1H3. The topological polar surface area (TPSA) is 47.1 Å². The van der Waals surface area contributed by atoms with E-state index >= 15 is 0 Å². The van der Waals surface area contributed by atoms with Crippen molar-refractivity contribution < 1.29 is 0 Å². The third-order valence-electron chi connectivity index (χ3n) is 4.46. The highest BCUT2D eigenvalue weighted by Crippen LogP contribution is 2.36. The van der Waals surface area contributed by atoms with Crippen LogP contribution in [0.25, 0.3) is 0 Å². The number of aromatic nitrogens is 2. The van der Waals surface area contributed by atoms with Crippen LogP contribution in [0.4, 0.5) is 0 Å². The summed E-state index contributed by atoms with van der Waals surface area (Å²) in [5.41, 5.74) is 7.49. The molecular weight excluding hydrogens is 212 g/mol. The second-order valence-electron chi connectivity index (χ2n) is 5.70. The van der Waals surface area contributed by atoms with Crippen LogP contribution < -0.4 is 5.73 Å². The Balaban J connectivity index is 1.51. The van der Waals surface area contributed by atoms with Crippen LogP contribution in [0.1, 0.15) is 18.4 Å². The maximum atomic E-state index is 6.15. The van der Waals surface area contributed by atoms with Crippen LogP contribution >= 0.6 is 0 Å². The molecule has 4 heteroatoms. The Hall–Kier alpha value is -0.870. The van der Waals surface area contributed by atoms with Crippen molar-refractivity contribution in [1.29, 1.82) is 0 Å². The number of rotatable bonds is 3. The smallest absolute Gasteiger partial charge is 0.0522 e. The molecule has 0 amide bonds. The molecule has 1 saturated heterocycles. The van der Waals surface area contributed by atoms with E-state index in [1.54, 1.807) is 0 Å². The first-order chi connectivity index (χ1) is 8.22. The van der Waals surface area contributed by atoms with Gasteiger partial charge in [-0.05, 0) is 36.7 Å². The maximum Gasteiger partial charge on any atom is 0.0522 e. The van der Waals surface area contributed by atoms with Crippen LogP contribution in [-0.2, 0) is 13.5 Å². The van der Waals surface area contributed by atoms with Crippen LogP contribution in [0.3, 0.4) is 0 Å². The molecule has 2 aliphatic rings. The Labute approximate surface area is 103 Å². The average molecular weight is 234 g/mol. The Morgan fingerprint density at radius 2 is 2.29 bits per heavy atom. The van der Waals surface area contributed by atoms with E-state index in [1.165, 1.54) is 31.5 Å². The van der Waals surface area contributed by atoms with E-state index in [-0.39, 0.29) is 0 Å². The van der Waals surface area contributed by atoms with Crippen molar-refractivity contribution in [2.75, 3.05) is 19.6 Å². The number of fused-ring (bicyclic) bond motifs is 1. The first-order valence-electron chi connectivity index (χ1n) is 6.68. The lowest BCUT2D eigenvalue weighted by Gasteiger charge is -2.17. The zero-order chi connectivity index (χ0) is 11.8. The predicted molar refractivity (Wildman–Crippen MR) is 67.5 cm³/mol. The highest BCUT2D eigenvalue weighted by molar-refractivity contribution is 5.05. The minimum atomic E-state index is 0.461. The van der Waals surface area contributed by atoms with Crippen molar-refractivity contribution >= 4 is 0 Å². The van der Waals surface area contributed by atoms with Crippen LogP contribution in [0, 0.1) is 11.8 Å². The molecule has 94 valence electrons. The Morgan fingerprint density at radius 3 is 3.00 bits per heavy atom. The molecule has 2 fully saturated rings. The quantitative estimate of drug-likeness (QED) is 0.834. The van der Waals surface area contributed by atoms with Gasteiger partial charge in [0.2, 0.25) is 0 Å². The molecule has 0 bridgehead atoms. The van der Waals surface area contributed by atoms with Gasteiger partial charge in [0.25, 0.3) is 0 Å². The van der Waals surface area contributed by atoms with E-state index in [4.69, 9.17) is 5.73 Å². The summed E-state index contributed by atoms with van der Waals surface area (Å²) >= 11 is 0. The summed E-state index contributed by atoms with van der Waals surface area (Å²) < 4.78 is 1.88. The van der Waals surface area contributed by atoms with Gasteiger partial charge in [-0.1, -0.05) is 0 Å². The summed E-state index contributed by atoms with van der Waals surface area (Å²) in [6, 6.07) is 0.461. The lowest BCUT2D eigenvalue weighted by atomic mass is 9.98. The first kappa shape index (κ1) is 11.2. The minimum Gasteiger partial charge on any atom is -0.327 e. The van der Waals surface area contributed by atoms with E-state index in [1.807, 2.05) is 17.9 Å². The van der Waals surface area contributed by atoms with E-state index in [2.05, 4.69) is 16.2 Å². The fourth-order valence-corrected chi connectivity index (χ4v) is 3.47. The molecule has 3 atom stereocenters. The largest absolute Gasteiger partial charge is 0.327 e. The molecular formula is C13H22N4. The van der Waals surface area contributed by atoms with Gasteiger partial charge < -0.3 is 10.6 Å². The van der Waals surface area contributed by atoms with Gasteiger partial charge >= 0.3 is 0 Å². The van der Waals surface area contributed by atoms with Crippen LogP contribution in [0.15, 0.2) is 12.4 Å². The molecule has 0 radical (unpaired) electrons. The molecule has 17 heavy (non-hydrogen) atoms. The number of hydrogen-bond acceptors (Lipinski definition) is 3. The molecule has 1 aliphatic heterocycles. The highest BCUT2D eigenvalue weighted by Gasteiger charge is 2.40. The van der Waals surface area contributed by atoms with Gasteiger partial charge in [0.1, 0.15) is 0 Å². The summed E-state index contributed by atoms with van der Waals surface area (Å²) in [4.78, 5) is 2.58. The Bertz CT molecular complexity index is 387. The van der Waals surface area contributed by atoms with Crippen molar-refractivity contribution in [3.63, 3.8) is 0 Å². The summed E-state index contributed by atoms with van der Waals surface area (Å²) in [5, 5.41) is 4.21. The molecule has 0 spiro atoms. The first-order valence-corrected chi connectivity index (χ1v) is 6.68. The lowest BCUT2D eigenvalue weighted by molar-refractivity contribution is 0.309. The second kappa shape index (κ2) is 4.42. The summed E-state index contributed by atoms with van der Waals surface area (Å²) in [6.07, 6.45) is 7.79. The van der Waals surface area contributed by atoms with Gasteiger partial charge in [-0.15, -0.1) is 0 Å². The summed E-state index contributed by atoms with van der Waals surface area (Å²) in [5.74, 6) is 1.64. The summed E-state index contributed by atoms with van der Waals surface area (Å²) in [7, 11) is 1.97. The van der Waals surface area contributed by atoms with E-state index < -0.39 is 0 Å². The molecule has 1 saturated carbocycles. The van der Waals surface area contributed by atoms with E-state index in [0.717, 1.165) is 24.8 Å². The molecule has 2 N–H and O–H groups in total. The van der Waals surface area contributed by atoms with Crippen LogP contribution in [0.2, 0.25) is 0 Å². The Kier molecular flexibility index (Phi) is 2.92. The maximum absolute atomic E-state index is 6.15. The van der Waals surface area contributed by atoms with Crippen molar-refractivity contribution in [2.45, 2.75) is 25.3 Å². The molecule has 4 nitrogen and oxygen atoms in total. The number of aryl methyl sites for hydroxylation is 1. The van der Waals surface area contributed by atoms with Crippen LogP contribution in [-0.4, -0.2) is 40.4 Å². The fourth-order valence-electron chi connectivity index (χ4n) is 3.47. The molecule has 1 aromatic rings. The van der Waals surface area contributed by atoms with Crippen molar-refractivity contribution in [1.82, 2.24) is 14.7 Å². The molecule has 3 unspecified atom stereocenters. The van der Waals surface area contributed by atoms with E-state index in [9.17, 15) is 0 Å². The number of nitrogens with two attached hydrogens (primary N) is 1. The third kappa shape index (κ3) is 2.24. The average Bonchev–Trinajstić information content (AvgIpc) is 2.95. The van der Waals surface area contributed by atoms with Crippen molar-refractivity contribution in [3.05, 3.63) is 18.0 Å². The van der Waals surface area contributed by atoms with Gasteiger partial charge in [0.15, 0.2) is 0 Å². The third-order valence-corrected chi connectivity index (χ3v) is 4.46. The molecule has 2 heterocycles. The number of likely N-dealkylation sites (tertiary alicyclic amines) is 1. The number of hydrogen-bond donors (Lipinski definition) is 1. The Morgan fingerprint density at radius 1 is 1.41 bits per heavy atom. The monoisotopic (exact) mass is 234 g/mol. The SMILES string of the molecule is Cn1cc(CCN2CC3CCC(N)C3C2)cn1. The van der Waals surface area contributed by atoms with E-state index in [0.29, 0.717) is 6.04 Å². The second-order valence-corrected chi connectivity index (χ2v) is 5.70. The van der Waals surface area contributed by atoms with Gasteiger partial charge in [-0.2, -0.15) is 5.10 Å². The zero-order valence-corrected chi connectivity index (χ0v) is 10.5. The molecule has 0 aromatic carbocycles. The molecule has 3 rings (SSSR count).